The van der Waals surface area contributed by atoms with Crippen molar-refractivity contribution in [3.05, 3.63) is 47.8 Å². The van der Waals surface area contributed by atoms with Crippen LogP contribution >= 0.6 is 0 Å². The van der Waals surface area contributed by atoms with Crippen molar-refractivity contribution in [3.63, 3.8) is 0 Å². The third-order valence-electron chi connectivity index (χ3n) is 3.47. The quantitative estimate of drug-likeness (QED) is 0.806. The minimum Gasteiger partial charge on any atom is -0.497 e. The van der Waals surface area contributed by atoms with E-state index in [2.05, 4.69) is 15.4 Å². The van der Waals surface area contributed by atoms with Crippen molar-refractivity contribution >= 4 is 22.6 Å². The average molecular weight is 296 g/mol. The number of nitrogens with zero attached hydrogens (tertiary/aromatic N) is 3. The Bertz CT molecular complexity index is 837. The summed E-state index contributed by atoms with van der Waals surface area (Å²) < 4.78 is 6.80. The molecule has 22 heavy (non-hydrogen) atoms. The SMILES string of the molecule is COc1ccc(C(=O)Nc2cnc3c(c2)c(C)nn3C)cc1. The fourth-order valence-corrected chi connectivity index (χ4v) is 2.32. The average Bonchev–Trinajstić information content (AvgIpc) is 2.81. The molecule has 0 aliphatic heterocycles. The van der Waals surface area contributed by atoms with E-state index in [1.165, 1.54) is 0 Å². The largest absolute Gasteiger partial charge is 0.497 e. The van der Waals surface area contributed by atoms with Gasteiger partial charge < -0.3 is 10.1 Å². The third kappa shape index (κ3) is 2.50. The number of aryl methyl sites for hydroxylation is 2. The van der Waals surface area contributed by atoms with Crippen LogP contribution in [0, 0.1) is 6.92 Å². The summed E-state index contributed by atoms with van der Waals surface area (Å²) in [4.78, 5) is 16.6. The smallest absolute Gasteiger partial charge is 0.255 e. The summed E-state index contributed by atoms with van der Waals surface area (Å²) in [6.45, 7) is 1.92. The molecule has 6 nitrogen and oxygen atoms in total. The van der Waals surface area contributed by atoms with Crippen LogP contribution in [0.2, 0.25) is 0 Å². The van der Waals surface area contributed by atoms with Crippen LogP contribution in [0.3, 0.4) is 0 Å². The lowest BCUT2D eigenvalue weighted by Crippen LogP contribution is -2.12. The van der Waals surface area contributed by atoms with Crippen LogP contribution in [-0.2, 0) is 7.05 Å². The fraction of sp³-hybridized carbons (Fsp3) is 0.188. The lowest BCUT2D eigenvalue weighted by Gasteiger charge is -2.06. The van der Waals surface area contributed by atoms with Crippen LogP contribution in [0.4, 0.5) is 5.69 Å². The Morgan fingerprint density at radius 3 is 2.68 bits per heavy atom. The van der Waals surface area contributed by atoms with Crippen LogP contribution < -0.4 is 10.1 Å². The maximum atomic E-state index is 12.2. The molecular weight excluding hydrogens is 280 g/mol. The molecule has 0 bridgehead atoms. The Hall–Kier alpha value is -2.89. The number of rotatable bonds is 3. The molecule has 0 fully saturated rings. The van der Waals surface area contributed by atoms with Gasteiger partial charge in [0.05, 0.1) is 24.7 Å². The van der Waals surface area contributed by atoms with Gasteiger partial charge in [0, 0.05) is 18.0 Å². The second-order valence-electron chi connectivity index (χ2n) is 4.99. The number of nitrogens with one attached hydrogen (secondary N) is 1. The number of anilines is 1. The van der Waals surface area contributed by atoms with Gasteiger partial charge in [-0.15, -0.1) is 0 Å². The molecule has 2 heterocycles. The first-order valence-electron chi connectivity index (χ1n) is 6.83. The minimum atomic E-state index is -0.189. The summed E-state index contributed by atoms with van der Waals surface area (Å²) in [7, 11) is 3.43. The zero-order valence-corrected chi connectivity index (χ0v) is 12.6. The maximum Gasteiger partial charge on any atom is 0.255 e. The van der Waals surface area contributed by atoms with Gasteiger partial charge in [0.15, 0.2) is 5.65 Å². The van der Waals surface area contributed by atoms with E-state index in [4.69, 9.17) is 4.74 Å². The van der Waals surface area contributed by atoms with Crippen LogP contribution in [0.25, 0.3) is 11.0 Å². The summed E-state index contributed by atoms with van der Waals surface area (Å²) in [6, 6.07) is 8.82. The highest BCUT2D eigenvalue weighted by atomic mass is 16.5. The molecule has 1 amide bonds. The maximum absolute atomic E-state index is 12.2. The zero-order chi connectivity index (χ0) is 15.7. The number of amides is 1. The molecule has 0 radical (unpaired) electrons. The molecule has 1 N–H and O–H groups in total. The molecule has 3 aromatic rings. The number of hydrogen-bond acceptors (Lipinski definition) is 4. The van der Waals surface area contributed by atoms with E-state index >= 15 is 0 Å². The second kappa shape index (κ2) is 5.48. The van der Waals surface area contributed by atoms with Crippen molar-refractivity contribution in [2.24, 2.45) is 7.05 Å². The van der Waals surface area contributed by atoms with Gasteiger partial charge in [-0.2, -0.15) is 5.10 Å². The molecule has 2 aromatic heterocycles. The molecule has 112 valence electrons. The van der Waals surface area contributed by atoms with Crippen molar-refractivity contribution < 1.29 is 9.53 Å². The number of benzene rings is 1. The van der Waals surface area contributed by atoms with E-state index in [0.717, 1.165) is 16.7 Å². The molecule has 1 aromatic carbocycles. The Balaban J connectivity index is 1.85. The standard InChI is InChI=1S/C16H16N4O2/c1-10-14-8-12(9-17-15(14)20(2)19-10)18-16(21)11-4-6-13(22-3)7-5-11/h4-9H,1-3H3,(H,18,21). The molecule has 0 unspecified atom stereocenters. The van der Waals surface area contributed by atoms with Crippen molar-refractivity contribution in [2.45, 2.75) is 6.92 Å². The van der Waals surface area contributed by atoms with Gasteiger partial charge in [0.1, 0.15) is 5.75 Å². The Kier molecular flexibility index (Phi) is 3.50. The van der Waals surface area contributed by atoms with Crippen molar-refractivity contribution in [1.29, 1.82) is 0 Å². The number of methoxy groups -OCH3 is 1. The first-order chi connectivity index (χ1) is 10.6. The number of pyridine rings is 1. The van der Waals surface area contributed by atoms with Gasteiger partial charge in [-0.1, -0.05) is 0 Å². The predicted molar refractivity (Wildman–Crippen MR) is 84.2 cm³/mol. The van der Waals surface area contributed by atoms with Gasteiger partial charge in [-0.05, 0) is 37.3 Å². The first kappa shape index (κ1) is 14.1. The Labute approximate surface area is 127 Å². The van der Waals surface area contributed by atoms with Crippen LogP contribution in [0.15, 0.2) is 36.5 Å². The second-order valence-corrected chi connectivity index (χ2v) is 4.99. The molecule has 0 spiro atoms. The van der Waals surface area contributed by atoms with E-state index in [9.17, 15) is 4.79 Å². The molecule has 0 aliphatic rings. The molecule has 0 atom stereocenters. The van der Waals surface area contributed by atoms with E-state index in [0.29, 0.717) is 17.0 Å². The van der Waals surface area contributed by atoms with Crippen LogP contribution in [0.5, 0.6) is 5.75 Å². The number of fused-ring (bicyclic) bond motifs is 1. The van der Waals surface area contributed by atoms with Gasteiger partial charge in [-0.3, -0.25) is 9.48 Å². The van der Waals surface area contributed by atoms with Gasteiger partial charge in [0.2, 0.25) is 0 Å². The number of carbonyl (C=O) groups excluding carboxylic acids is 1. The highest BCUT2D eigenvalue weighted by molar-refractivity contribution is 6.04. The number of aromatic nitrogens is 3. The number of hydrogen-bond donors (Lipinski definition) is 1. The van der Waals surface area contributed by atoms with E-state index in [-0.39, 0.29) is 5.91 Å². The van der Waals surface area contributed by atoms with Crippen LogP contribution in [-0.4, -0.2) is 27.8 Å². The van der Waals surface area contributed by atoms with Crippen molar-refractivity contribution in [1.82, 2.24) is 14.8 Å². The lowest BCUT2D eigenvalue weighted by molar-refractivity contribution is 0.102. The molecule has 0 saturated heterocycles. The van der Waals surface area contributed by atoms with E-state index in [1.54, 1.807) is 42.3 Å². The van der Waals surface area contributed by atoms with Gasteiger partial charge in [0.25, 0.3) is 5.91 Å². The Morgan fingerprint density at radius 2 is 2.00 bits per heavy atom. The topological polar surface area (TPSA) is 69.0 Å². The monoisotopic (exact) mass is 296 g/mol. The minimum absolute atomic E-state index is 0.189. The first-order valence-corrected chi connectivity index (χ1v) is 6.83. The van der Waals surface area contributed by atoms with Crippen molar-refractivity contribution in [3.8, 4) is 5.75 Å². The molecule has 6 heteroatoms. The third-order valence-corrected chi connectivity index (χ3v) is 3.47. The number of carbonyl (C=O) groups is 1. The summed E-state index contributed by atoms with van der Waals surface area (Å²) >= 11 is 0. The van der Waals surface area contributed by atoms with Crippen LogP contribution in [0.1, 0.15) is 16.1 Å². The molecule has 3 rings (SSSR count). The fourth-order valence-electron chi connectivity index (χ4n) is 2.32. The lowest BCUT2D eigenvalue weighted by atomic mass is 10.2. The summed E-state index contributed by atoms with van der Waals surface area (Å²) in [5, 5.41) is 8.09. The van der Waals surface area contributed by atoms with Gasteiger partial charge in [-0.25, -0.2) is 4.98 Å². The molecule has 0 aliphatic carbocycles. The highest BCUT2D eigenvalue weighted by Crippen LogP contribution is 2.20. The highest BCUT2D eigenvalue weighted by Gasteiger charge is 2.10. The summed E-state index contributed by atoms with van der Waals surface area (Å²) in [5.41, 5.74) is 2.87. The van der Waals surface area contributed by atoms with Gasteiger partial charge >= 0.3 is 0 Å². The molecular formula is C16H16N4O2. The normalized spacial score (nSPS) is 10.7. The predicted octanol–water partition coefficient (Wildman–Crippen LogP) is 2.54. The van der Waals surface area contributed by atoms with E-state index in [1.807, 2.05) is 20.0 Å². The summed E-state index contributed by atoms with van der Waals surface area (Å²) in [5.74, 6) is 0.524. The Morgan fingerprint density at radius 1 is 1.27 bits per heavy atom. The zero-order valence-electron chi connectivity index (χ0n) is 12.6. The van der Waals surface area contributed by atoms with E-state index < -0.39 is 0 Å². The number of ether oxygens (including phenoxy) is 1. The van der Waals surface area contributed by atoms with Crippen molar-refractivity contribution in [2.75, 3.05) is 12.4 Å². The molecule has 0 saturated carbocycles. The summed E-state index contributed by atoms with van der Waals surface area (Å²) in [6.07, 6.45) is 1.63.